The normalized spacial score (nSPS) is 13.8. The fourth-order valence-corrected chi connectivity index (χ4v) is 6.24. The van der Waals surface area contributed by atoms with Gasteiger partial charge in [0.15, 0.2) is 5.69 Å². The fourth-order valence-electron chi connectivity index (χ4n) is 4.80. The summed E-state index contributed by atoms with van der Waals surface area (Å²) in [6, 6.07) is 9.75. The second-order valence-corrected chi connectivity index (χ2v) is 12.4. The second-order valence-electron chi connectivity index (χ2n) is 10.4. The molecule has 0 saturated carbocycles. The van der Waals surface area contributed by atoms with Crippen molar-refractivity contribution in [1.29, 1.82) is 0 Å². The molecule has 1 unspecified atom stereocenters. The number of nitrogens with zero attached hydrogens (tertiary/aromatic N) is 3. The number of carbonyl (C=O) groups is 5. The van der Waals surface area contributed by atoms with Gasteiger partial charge in [0.25, 0.3) is 5.91 Å². The maximum Gasteiger partial charge on any atom is 0.391 e. The summed E-state index contributed by atoms with van der Waals surface area (Å²) in [5.41, 5.74) is 5.73. The number of aldehydes is 1. The van der Waals surface area contributed by atoms with E-state index in [1.807, 2.05) is 0 Å². The summed E-state index contributed by atoms with van der Waals surface area (Å²) in [5, 5.41) is 4.84. The molecule has 3 aromatic rings. The van der Waals surface area contributed by atoms with Gasteiger partial charge in [0.1, 0.15) is 30.1 Å². The number of imide groups is 1. The van der Waals surface area contributed by atoms with Crippen molar-refractivity contribution in [2.75, 3.05) is 46.7 Å². The van der Waals surface area contributed by atoms with Gasteiger partial charge in [-0.25, -0.2) is 9.97 Å². The molecule has 51 heavy (non-hydrogen) atoms. The van der Waals surface area contributed by atoms with Crippen molar-refractivity contribution in [2.45, 2.75) is 37.5 Å². The summed E-state index contributed by atoms with van der Waals surface area (Å²) in [4.78, 5) is 89.6. The molecule has 17 nitrogen and oxygen atoms in total. The Labute approximate surface area is 299 Å². The van der Waals surface area contributed by atoms with Gasteiger partial charge >= 0.3 is 8.60 Å². The van der Waals surface area contributed by atoms with Crippen LogP contribution in [0.2, 0.25) is 0 Å². The van der Waals surface area contributed by atoms with Crippen LogP contribution in [0.25, 0.3) is 11.0 Å². The number of hydrogen-bond acceptors (Lipinski definition) is 15. The Morgan fingerprint density at radius 2 is 1.71 bits per heavy atom. The first-order valence-corrected chi connectivity index (χ1v) is 17.9. The minimum Gasteiger partial charge on any atom is -0.496 e. The first-order chi connectivity index (χ1) is 24.6. The van der Waals surface area contributed by atoms with Gasteiger partial charge in [-0.05, 0) is 31.4 Å². The number of hydrogen-bond donors (Lipinski definition) is 5. The van der Waals surface area contributed by atoms with Gasteiger partial charge in [-0.15, -0.1) is 11.8 Å². The molecular weight excluding hydrogens is 707 g/mol. The van der Waals surface area contributed by atoms with Crippen LogP contribution in [0, 0.1) is 0 Å². The summed E-state index contributed by atoms with van der Waals surface area (Å²) in [7, 11) is 1.62. The number of carbonyl (C=O) groups excluding carboxylic acids is 5. The Hall–Kier alpha value is -4.61. The van der Waals surface area contributed by atoms with E-state index in [0.717, 1.165) is 11.2 Å². The number of methoxy groups -OCH3 is 2. The third-order valence-electron chi connectivity index (χ3n) is 7.16. The molecule has 1 atom stereocenters. The Morgan fingerprint density at radius 3 is 2.33 bits per heavy atom. The number of ether oxygens (including phenoxy) is 3. The molecule has 2 aromatic carbocycles. The first-order valence-electron chi connectivity index (χ1n) is 15.7. The third-order valence-corrected chi connectivity index (χ3v) is 8.83. The molecular formula is C32H41N6O11PS. The smallest absolute Gasteiger partial charge is 0.391 e. The lowest BCUT2D eigenvalue weighted by molar-refractivity contribution is -0.138. The number of nitrogens with two attached hydrogens (primary N) is 1. The van der Waals surface area contributed by atoms with E-state index in [0.29, 0.717) is 35.2 Å². The summed E-state index contributed by atoms with van der Waals surface area (Å²) in [5.74, 6) is -0.578. The van der Waals surface area contributed by atoms with Gasteiger partial charge in [-0.1, -0.05) is 12.1 Å². The zero-order chi connectivity index (χ0) is 37.3. The second kappa shape index (κ2) is 20.9. The zero-order valence-corrected chi connectivity index (χ0v) is 30.0. The average molecular weight is 749 g/mol. The van der Waals surface area contributed by atoms with Gasteiger partial charge in [-0.2, -0.15) is 0 Å². The molecule has 0 spiro atoms. The van der Waals surface area contributed by atoms with Crippen LogP contribution in [-0.2, 0) is 25.8 Å². The minimum atomic E-state index is -2.68. The molecule has 1 saturated heterocycles. The fraction of sp³-hybridized carbons (Fsp3) is 0.406. The Morgan fingerprint density at radius 1 is 1.06 bits per heavy atom. The highest BCUT2D eigenvalue weighted by molar-refractivity contribution is 8.00. The van der Waals surface area contributed by atoms with Gasteiger partial charge in [0.05, 0.1) is 36.1 Å². The summed E-state index contributed by atoms with van der Waals surface area (Å²) < 4.78 is 21.8. The molecule has 4 rings (SSSR count). The number of aromatic nitrogens is 2. The number of rotatable bonds is 19. The number of amides is 4. The molecule has 4 amide bonds. The van der Waals surface area contributed by atoms with Crippen LogP contribution < -0.4 is 35.1 Å². The number of para-hydroxylation sites is 2. The van der Waals surface area contributed by atoms with Crippen LogP contribution in [0.1, 0.15) is 41.7 Å². The molecule has 6 N–H and O–H groups in total. The van der Waals surface area contributed by atoms with E-state index in [1.54, 1.807) is 24.3 Å². The van der Waals surface area contributed by atoms with Crippen LogP contribution in [0.15, 0.2) is 36.4 Å². The van der Waals surface area contributed by atoms with E-state index >= 15 is 0 Å². The van der Waals surface area contributed by atoms with Crippen molar-refractivity contribution in [3.05, 3.63) is 47.7 Å². The zero-order valence-electron chi connectivity index (χ0n) is 28.3. The van der Waals surface area contributed by atoms with E-state index in [1.165, 1.54) is 45.2 Å². The van der Waals surface area contributed by atoms with Crippen molar-refractivity contribution in [3.63, 3.8) is 0 Å². The monoisotopic (exact) mass is 748 g/mol. The number of unbranched alkanes of at least 4 members (excludes halogenated alkanes) is 1. The van der Waals surface area contributed by atoms with Crippen molar-refractivity contribution in [1.82, 2.24) is 25.5 Å². The quantitative estimate of drug-likeness (QED) is 0.0505. The van der Waals surface area contributed by atoms with Crippen LogP contribution in [0.3, 0.4) is 0 Å². The SMILES string of the molecule is CN.COc1cc(OP(O)O)cc(OC)c1COc1nc2ccccc2nc1C(=O)NCCNC(=O)CCN1C(=O)CC(SCCCC=O)C1=O. The molecule has 0 radical (unpaired) electrons. The molecule has 0 bridgehead atoms. The summed E-state index contributed by atoms with van der Waals surface area (Å²) >= 11 is 1.34. The van der Waals surface area contributed by atoms with Gasteiger partial charge < -0.3 is 49.7 Å². The van der Waals surface area contributed by atoms with Crippen LogP contribution in [0.5, 0.6) is 23.1 Å². The minimum absolute atomic E-state index is 0.0287. The number of thioether (sulfide) groups is 1. The molecule has 2 heterocycles. The van der Waals surface area contributed by atoms with E-state index in [9.17, 15) is 33.8 Å². The van der Waals surface area contributed by atoms with E-state index < -0.39 is 25.7 Å². The number of likely N-dealkylation sites (tertiary alicyclic amines) is 1. The van der Waals surface area contributed by atoms with Crippen molar-refractivity contribution < 1.29 is 52.5 Å². The molecule has 0 aliphatic carbocycles. The topological polar surface area (TPSA) is 242 Å². The van der Waals surface area contributed by atoms with Crippen molar-refractivity contribution in [3.8, 4) is 23.1 Å². The highest BCUT2D eigenvalue weighted by Crippen LogP contribution is 2.39. The maximum absolute atomic E-state index is 13.3. The Balaban J connectivity index is 0.00000345. The lowest BCUT2D eigenvalue weighted by atomic mass is 10.1. The Kier molecular flexibility index (Phi) is 16.7. The van der Waals surface area contributed by atoms with Crippen LogP contribution >= 0.6 is 20.4 Å². The predicted molar refractivity (Wildman–Crippen MR) is 188 cm³/mol. The number of nitrogens with one attached hydrogen (secondary N) is 2. The summed E-state index contributed by atoms with van der Waals surface area (Å²) in [6.07, 6.45) is 1.81. The van der Waals surface area contributed by atoms with Gasteiger partial charge in [0.2, 0.25) is 23.6 Å². The van der Waals surface area contributed by atoms with Crippen molar-refractivity contribution >= 4 is 61.3 Å². The highest BCUT2D eigenvalue weighted by Gasteiger charge is 2.38. The molecule has 1 aromatic heterocycles. The van der Waals surface area contributed by atoms with Gasteiger partial charge in [0, 0.05) is 51.0 Å². The van der Waals surface area contributed by atoms with Crippen LogP contribution in [-0.4, -0.2) is 106 Å². The lowest BCUT2D eigenvalue weighted by Gasteiger charge is -2.17. The highest BCUT2D eigenvalue weighted by atomic mass is 32.2. The largest absolute Gasteiger partial charge is 0.496 e. The summed E-state index contributed by atoms with van der Waals surface area (Å²) in [6.45, 7) is -0.138. The number of benzene rings is 2. The Bertz CT molecular complexity index is 1660. The molecule has 1 aliphatic heterocycles. The molecule has 19 heteroatoms. The van der Waals surface area contributed by atoms with Crippen LogP contribution in [0.4, 0.5) is 0 Å². The lowest BCUT2D eigenvalue weighted by Crippen LogP contribution is -2.38. The molecule has 1 aliphatic rings. The average Bonchev–Trinajstić information content (AvgIpc) is 3.40. The number of fused-ring (bicyclic) bond motifs is 1. The predicted octanol–water partition coefficient (Wildman–Crippen LogP) is 1.47. The van der Waals surface area contributed by atoms with E-state index in [4.69, 9.17) is 18.7 Å². The van der Waals surface area contributed by atoms with Gasteiger partial charge in [-0.3, -0.25) is 24.1 Å². The van der Waals surface area contributed by atoms with E-state index in [2.05, 4.69) is 26.3 Å². The molecule has 1 fully saturated rings. The standard InChI is InChI=1S/C31H36N5O11PS.CH5N/c1-44-23-15-19(47-48(42)43)16-24(45-2)20(23)18-46-30-28(34-21-7-3-4-8-22(21)35-30)29(40)33-11-10-32-26(38)9-12-36-27(39)17-25(31(36)41)49-14-6-5-13-37;1-2/h3-4,7-8,13,15-16,25,42-43H,5-6,9-12,14,17-18H2,1-2H3,(H,32,38)(H,33,40);2H2,1H3. The molecule has 276 valence electrons. The third kappa shape index (κ3) is 11.7. The maximum atomic E-state index is 13.3. The van der Waals surface area contributed by atoms with Crippen molar-refractivity contribution in [2.24, 2.45) is 5.73 Å². The van der Waals surface area contributed by atoms with E-state index in [-0.39, 0.29) is 79.7 Å². The first kappa shape index (κ1) is 40.8.